The first-order chi connectivity index (χ1) is 12.4. The van der Waals surface area contributed by atoms with Crippen LogP contribution in [0.1, 0.15) is 36.7 Å². The lowest BCUT2D eigenvalue weighted by Crippen LogP contribution is -2.49. The van der Waals surface area contributed by atoms with Gasteiger partial charge in [-0.05, 0) is 44.5 Å². The number of piperazine rings is 1. The number of benzene rings is 1. The van der Waals surface area contributed by atoms with Gasteiger partial charge in [0.25, 0.3) is 5.91 Å². The lowest BCUT2D eigenvalue weighted by atomic mass is 10.1. The minimum Gasteiger partial charge on any atom is -0.337 e. The molecule has 1 aliphatic rings. The van der Waals surface area contributed by atoms with Gasteiger partial charge in [-0.3, -0.25) is 4.79 Å². The van der Waals surface area contributed by atoms with Gasteiger partial charge >= 0.3 is 0 Å². The molecule has 138 valence electrons. The topological polar surface area (TPSA) is 61.4 Å². The molecule has 0 radical (unpaired) electrons. The Morgan fingerprint density at radius 1 is 1.04 bits per heavy atom. The maximum atomic E-state index is 12.7. The van der Waals surface area contributed by atoms with Crippen LogP contribution in [0.5, 0.6) is 0 Å². The van der Waals surface area contributed by atoms with Crippen LogP contribution in [-0.4, -0.2) is 52.5 Å². The predicted molar refractivity (Wildman–Crippen MR) is 103 cm³/mol. The first kappa shape index (κ1) is 18.3. The van der Waals surface area contributed by atoms with Gasteiger partial charge in [0, 0.05) is 56.2 Å². The van der Waals surface area contributed by atoms with Crippen molar-refractivity contribution in [2.75, 3.05) is 31.1 Å². The Hall–Kier alpha value is -2.47. The van der Waals surface area contributed by atoms with Crippen LogP contribution in [0.4, 0.5) is 5.95 Å². The zero-order chi connectivity index (χ0) is 18.6. The Labute approximate surface area is 155 Å². The summed E-state index contributed by atoms with van der Waals surface area (Å²) in [6.45, 7) is 10.1. The molecule has 1 N–H and O–H groups in total. The van der Waals surface area contributed by atoms with E-state index in [4.69, 9.17) is 0 Å². The van der Waals surface area contributed by atoms with Crippen molar-refractivity contribution in [3.8, 4) is 0 Å². The Kier molecular flexibility index (Phi) is 5.52. The summed E-state index contributed by atoms with van der Waals surface area (Å²) in [5, 5.41) is 3.46. The van der Waals surface area contributed by atoms with Crippen LogP contribution in [-0.2, 0) is 6.54 Å². The maximum Gasteiger partial charge on any atom is 0.253 e. The molecule has 0 bridgehead atoms. The van der Waals surface area contributed by atoms with Gasteiger partial charge in [0.2, 0.25) is 5.95 Å². The summed E-state index contributed by atoms with van der Waals surface area (Å²) in [5.74, 6) is 0.823. The minimum absolute atomic E-state index is 0.0800. The maximum absolute atomic E-state index is 12.7. The molecular formula is C20H27N5O. The second-order valence-electron chi connectivity index (χ2n) is 7.63. The van der Waals surface area contributed by atoms with Gasteiger partial charge in [-0.2, -0.15) is 0 Å². The molecule has 1 amide bonds. The Morgan fingerprint density at radius 3 is 2.23 bits per heavy atom. The van der Waals surface area contributed by atoms with Crippen molar-refractivity contribution in [1.29, 1.82) is 0 Å². The average Bonchev–Trinajstić information content (AvgIpc) is 2.66. The number of carbonyl (C=O) groups excluding carboxylic acids is 1. The van der Waals surface area contributed by atoms with Crippen molar-refractivity contribution in [1.82, 2.24) is 20.2 Å². The zero-order valence-corrected chi connectivity index (χ0v) is 15.8. The molecule has 0 aliphatic carbocycles. The molecule has 0 unspecified atom stereocenters. The van der Waals surface area contributed by atoms with Crippen LogP contribution in [0, 0.1) is 0 Å². The molecule has 1 aromatic carbocycles. The molecule has 2 aromatic rings. The SMILES string of the molecule is CC(C)(C)NCc1ccc(C(=O)N2CCN(c3ncccn3)CC2)cc1. The van der Waals surface area contributed by atoms with E-state index in [1.165, 1.54) is 5.56 Å². The second kappa shape index (κ2) is 7.83. The number of carbonyl (C=O) groups is 1. The summed E-state index contributed by atoms with van der Waals surface area (Å²) in [4.78, 5) is 25.3. The smallest absolute Gasteiger partial charge is 0.253 e. The minimum atomic E-state index is 0.0800. The lowest BCUT2D eigenvalue weighted by Gasteiger charge is -2.34. The molecule has 0 spiro atoms. The third-order valence-electron chi connectivity index (χ3n) is 4.43. The Balaban J connectivity index is 1.55. The van der Waals surface area contributed by atoms with Gasteiger partial charge in [-0.1, -0.05) is 12.1 Å². The molecule has 2 heterocycles. The highest BCUT2D eigenvalue weighted by Gasteiger charge is 2.23. The highest BCUT2D eigenvalue weighted by molar-refractivity contribution is 5.94. The van der Waals surface area contributed by atoms with Crippen molar-refractivity contribution in [2.45, 2.75) is 32.9 Å². The first-order valence-corrected chi connectivity index (χ1v) is 9.08. The van der Waals surface area contributed by atoms with Crippen LogP contribution in [0.2, 0.25) is 0 Å². The molecular weight excluding hydrogens is 326 g/mol. The molecule has 1 fully saturated rings. The second-order valence-corrected chi connectivity index (χ2v) is 7.63. The third-order valence-corrected chi connectivity index (χ3v) is 4.43. The summed E-state index contributed by atoms with van der Waals surface area (Å²) < 4.78 is 0. The van der Waals surface area contributed by atoms with E-state index in [-0.39, 0.29) is 11.4 Å². The third kappa shape index (κ3) is 4.79. The van der Waals surface area contributed by atoms with E-state index in [1.54, 1.807) is 12.4 Å². The number of rotatable bonds is 4. The fourth-order valence-corrected chi connectivity index (χ4v) is 2.88. The number of anilines is 1. The highest BCUT2D eigenvalue weighted by Crippen LogP contribution is 2.14. The van der Waals surface area contributed by atoms with Gasteiger partial charge in [0.15, 0.2) is 0 Å². The molecule has 6 heteroatoms. The number of hydrogen-bond acceptors (Lipinski definition) is 5. The quantitative estimate of drug-likeness (QED) is 0.914. The van der Waals surface area contributed by atoms with Gasteiger partial charge in [0.1, 0.15) is 0 Å². The van der Waals surface area contributed by atoms with Crippen LogP contribution >= 0.6 is 0 Å². The van der Waals surface area contributed by atoms with Crippen LogP contribution in [0.3, 0.4) is 0 Å². The summed E-state index contributed by atoms with van der Waals surface area (Å²) >= 11 is 0. The number of nitrogens with zero attached hydrogens (tertiary/aromatic N) is 4. The number of nitrogens with one attached hydrogen (secondary N) is 1. The molecule has 0 saturated carbocycles. The summed E-state index contributed by atoms with van der Waals surface area (Å²) in [6.07, 6.45) is 3.49. The molecule has 0 atom stereocenters. The van der Waals surface area contributed by atoms with E-state index >= 15 is 0 Å². The van der Waals surface area contributed by atoms with Crippen LogP contribution in [0.25, 0.3) is 0 Å². The van der Waals surface area contributed by atoms with E-state index in [0.717, 1.165) is 31.1 Å². The van der Waals surface area contributed by atoms with Gasteiger partial charge in [-0.15, -0.1) is 0 Å². The van der Waals surface area contributed by atoms with Crippen molar-refractivity contribution >= 4 is 11.9 Å². The number of aromatic nitrogens is 2. The average molecular weight is 353 g/mol. The largest absolute Gasteiger partial charge is 0.337 e. The molecule has 3 rings (SSSR count). The molecule has 6 nitrogen and oxygen atoms in total. The van der Waals surface area contributed by atoms with Gasteiger partial charge in [-0.25, -0.2) is 9.97 Å². The van der Waals surface area contributed by atoms with E-state index in [0.29, 0.717) is 13.1 Å². The fourth-order valence-electron chi connectivity index (χ4n) is 2.88. The summed E-state index contributed by atoms with van der Waals surface area (Å²) in [7, 11) is 0. The molecule has 1 saturated heterocycles. The fraction of sp³-hybridized carbons (Fsp3) is 0.450. The number of amides is 1. The molecule has 1 aliphatic heterocycles. The summed E-state index contributed by atoms with van der Waals surface area (Å²) in [6, 6.07) is 9.72. The molecule has 26 heavy (non-hydrogen) atoms. The van der Waals surface area contributed by atoms with E-state index < -0.39 is 0 Å². The van der Waals surface area contributed by atoms with E-state index in [2.05, 4.69) is 41.0 Å². The lowest BCUT2D eigenvalue weighted by molar-refractivity contribution is 0.0746. The van der Waals surface area contributed by atoms with Crippen molar-refractivity contribution < 1.29 is 4.79 Å². The number of hydrogen-bond donors (Lipinski definition) is 1. The summed E-state index contributed by atoms with van der Waals surface area (Å²) in [5.41, 5.74) is 2.01. The van der Waals surface area contributed by atoms with Gasteiger partial charge < -0.3 is 15.1 Å². The Morgan fingerprint density at radius 2 is 1.65 bits per heavy atom. The van der Waals surface area contributed by atoms with Crippen molar-refractivity contribution in [3.63, 3.8) is 0 Å². The van der Waals surface area contributed by atoms with Crippen molar-refractivity contribution in [2.24, 2.45) is 0 Å². The van der Waals surface area contributed by atoms with E-state index in [9.17, 15) is 4.79 Å². The van der Waals surface area contributed by atoms with Gasteiger partial charge in [0.05, 0.1) is 0 Å². The van der Waals surface area contributed by atoms with Crippen molar-refractivity contribution in [3.05, 3.63) is 53.9 Å². The Bertz CT molecular complexity index is 716. The first-order valence-electron chi connectivity index (χ1n) is 9.08. The predicted octanol–water partition coefficient (Wildman–Crippen LogP) is 2.33. The monoisotopic (exact) mass is 353 g/mol. The van der Waals surface area contributed by atoms with E-state index in [1.807, 2.05) is 35.2 Å². The zero-order valence-electron chi connectivity index (χ0n) is 15.8. The normalized spacial score (nSPS) is 15.2. The molecule has 1 aromatic heterocycles. The highest BCUT2D eigenvalue weighted by atomic mass is 16.2. The van der Waals surface area contributed by atoms with Crippen LogP contribution in [0.15, 0.2) is 42.7 Å². The standard InChI is InChI=1S/C20H27N5O/c1-20(2,3)23-15-16-5-7-17(8-6-16)18(26)24-11-13-25(14-12-24)19-21-9-4-10-22-19/h4-10,23H,11-15H2,1-3H3. The van der Waals surface area contributed by atoms with Crippen LogP contribution < -0.4 is 10.2 Å².